The van der Waals surface area contributed by atoms with Crippen LogP contribution in [0.25, 0.3) is 0 Å². The van der Waals surface area contributed by atoms with E-state index in [9.17, 15) is 14.4 Å². The van der Waals surface area contributed by atoms with Crippen LogP contribution >= 0.6 is 0 Å². The maximum atomic E-state index is 11.2. The van der Waals surface area contributed by atoms with Crippen LogP contribution in [0.2, 0.25) is 0 Å². The molecule has 5 N–H and O–H groups in total. The van der Waals surface area contributed by atoms with E-state index in [4.69, 9.17) is 10.8 Å². The lowest BCUT2D eigenvalue weighted by atomic mass is 10.2. The van der Waals surface area contributed by atoms with Crippen molar-refractivity contribution in [3.63, 3.8) is 0 Å². The Labute approximate surface area is 98.5 Å². The molecule has 0 aliphatic heterocycles. The summed E-state index contributed by atoms with van der Waals surface area (Å²) in [6, 6.07) is -0.695. The van der Waals surface area contributed by atoms with Crippen LogP contribution < -0.4 is 16.4 Å². The van der Waals surface area contributed by atoms with Crippen molar-refractivity contribution in [2.24, 2.45) is 5.73 Å². The van der Waals surface area contributed by atoms with Crippen LogP contribution in [0.1, 0.15) is 19.8 Å². The molecule has 8 heteroatoms. The van der Waals surface area contributed by atoms with Crippen molar-refractivity contribution in [1.82, 2.24) is 10.6 Å². The fourth-order valence-corrected chi connectivity index (χ4v) is 1.00. The van der Waals surface area contributed by atoms with E-state index < -0.39 is 18.1 Å². The molecule has 1 atom stereocenters. The fraction of sp³-hybridized carbons (Fsp3) is 0.667. The van der Waals surface area contributed by atoms with Gasteiger partial charge in [0.1, 0.15) is 6.61 Å². The number of urea groups is 1. The minimum absolute atomic E-state index is 0.00768. The molecule has 98 valence electrons. The molecular weight excluding hydrogens is 230 g/mol. The summed E-state index contributed by atoms with van der Waals surface area (Å²) < 4.78 is 4.39. The molecule has 0 rings (SSSR count). The highest BCUT2D eigenvalue weighted by molar-refractivity contribution is 5.74. The Kier molecular flexibility index (Phi) is 7.24. The van der Waals surface area contributed by atoms with Crippen LogP contribution in [0.4, 0.5) is 9.59 Å². The predicted octanol–water partition coefficient (Wildman–Crippen LogP) is -0.366. The molecule has 0 spiro atoms. The highest BCUT2D eigenvalue weighted by atomic mass is 16.5. The van der Waals surface area contributed by atoms with E-state index in [1.165, 1.54) is 0 Å². The lowest BCUT2D eigenvalue weighted by Gasteiger charge is -2.13. The van der Waals surface area contributed by atoms with Gasteiger partial charge in [0.2, 0.25) is 0 Å². The smallest absolute Gasteiger partial charge is 0.404 e. The monoisotopic (exact) mass is 247 g/mol. The molecule has 0 bridgehead atoms. The topological polar surface area (TPSA) is 131 Å². The summed E-state index contributed by atoms with van der Waals surface area (Å²) in [5, 5.41) is 13.4. The first-order valence-corrected chi connectivity index (χ1v) is 5.10. The first kappa shape index (κ1) is 15.0. The number of primary amides is 1. The van der Waals surface area contributed by atoms with Crippen LogP contribution in [-0.2, 0) is 9.53 Å². The average molecular weight is 247 g/mol. The molecule has 0 fully saturated rings. The number of rotatable bonds is 7. The van der Waals surface area contributed by atoms with Crippen molar-refractivity contribution in [2.45, 2.75) is 25.8 Å². The van der Waals surface area contributed by atoms with Gasteiger partial charge in [0.05, 0.1) is 6.54 Å². The summed E-state index contributed by atoms with van der Waals surface area (Å²) in [7, 11) is 0. The molecule has 0 saturated heterocycles. The third-order valence-electron chi connectivity index (χ3n) is 1.80. The van der Waals surface area contributed by atoms with E-state index >= 15 is 0 Å². The predicted molar refractivity (Wildman–Crippen MR) is 58.4 cm³/mol. The van der Waals surface area contributed by atoms with Crippen molar-refractivity contribution in [3.05, 3.63) is 0 Å². The number of amides is 3. The Morgan fingerprint density at radius 2 is 2.06 bits per heavy atom. The molecule has 0 aliphatic carbocycles. The van der Waals surface area contributed by atoms with E-state index in [-0.39, 0.29) is 25.6 Å². The van der Waals surface area contributed by atoms with Gasteiger partial charge in [-0.25, -0.2) is 9.59 Å². The van der Waals surface area contributed by atoms with E-state index in [2.05, 4.69) is 15.4 Å². The van der Waals surface area contributed by atoms with Gasteiger partial charge in [0, 0.05) is 12.5 Å². The van der Waals surface area contributed by atoms with E-state index in [1.54, 1.807) is 6.92 Å². The molecule has 17 heavy (non-hydrogen) atoms. The van der Waals surface area contributed by atoms with Crippen LogP contribution in [0.3, 0.4) is 0 Å². The van der Waals surface area contributed by atoms with Crippen molar-refractivity contribution in [2.75, 3.05) is 13.2 Å². The van der Waals surface area contributed by atoms with Gasteiger partial charge >= 0.3 is 18.1 Å². The highest BCUT2D eigenvalue weighted by Gasteiger charge is 2.08. The number of carbonyl (C=O) groups is 3. The van der Waals surface area contributed by atoms with E-state index in [1.807, 2.05) is 0 Å². The maximum absolute atomic E-state index is 11.2. The van der Waals surface area contributed by atoms with Crippen molar-refractivity contribution in [3.8, 4) is 0 Å². The summed E-state index contributed by atoms with van der Waals surface area (Å²) in [6.07, 6.45) is -0.561. The average Bonchev–Trinajstić information content (AvgIpc) is 2.21. The maximum Gasteiger partial charge on any atom is 0.404 e. The second-order valence-corrected chi connectivity index (χ2v) is 3.40. The number of carboxylic acids is 1. The van der Waals surface area contributed by atoms with Crippen LogP contribution in [0, 0.1) is 0 Å². The summed E-state index contributed by atoms with van der Waals surface area (Å²) in [5.74, 6) is -0.908. The number of hydrogen-bond donors (Lipinski definition) is 4. The Balaban J connectivity index is 3.57. The number of carboxylic acid groups (broad SMARTS) is 1. The first-order valence-electron chi connectivity index (χ1n) is 5.10. The zero-order valence-corrected chi connectivity index (χ0v) is 9.56. The van der Waals surface area contributed by atoms with E-state index in [0.717, 1.165) is 0 Å². The molecule has 0 aromatic carbocycles. The number of nitrogens with two attached hydrogens (primary N) is 1. The molecule has 3 amide bonds. The number of hydrogen-bond acceptors (Lipinski definition) is 4. The Morgan fingerprint density at radius 1 is 1.41 bits per heavy atom. The van der Waals surface area contributed by atoms with Gasteiger partial charge in [-0.05, 0) is 13.3 Å². The van der Waals surface area contributed by atoms with Crippen LogP contribution in [0.15, 0.2) is 0 Å². The van der Waals surface area contributed by atoms with Crippen molar-refractivity contribution >= 4 is 18.1 Å². The minimum Gasteiger partial charge on any atom is -0.481 e. The molecule has 0 aliphatic rings. The summed E-state index contributed by atoms with van der Waals surface area (Å²) >= 11 is 0. The second-order valence-electron chi connectivity index (χ2n) is 3.40. The normalized spacial score (nSPS) is 11.4. The van der Waals surface area contributed by atoms with Crippen molar-refractivity contribution < 1.29 is 24.2 Å². The number of ether oxygens (including phenoxy) is 1. The zero-order valence-electron chi connectivity index (χ0n) is 9.56. The van der Waals surface area contributed by atoms with Gasteiger partial charge in [-0.1, -0.05) is 0 Å². The molecule has 8 nitrogen and oxygen atoms in total. The molecule has 0 aromatic rings. The summed E-state index contributed by atoms with van der Waals surface area (Å²) in [6.45, 7) is 1.83. The molecule has 0 aromatic heterocycles. The van der Waals surface area contributed by atoms with Gasteiger partial charge in [0.25, 0.3) is 0 Å². The Hall–Kier alpha value is -1.99. The lowest BCUT2D eigenvalue weighted by molar-refractivity contribution is -0.137. The highest BCUT2D eigenvalue weighted by Crippen LogP contribution is 1.95. The molecular formula is C9H17N3O5. The Morgan fingerprint density at radius 3 is 2.59 bits per heavy atom. The van der Waals surface area contributed by atoms with Crippen LogP contribution in [0.5, 0.6) is 0 Å². The van der Waals surface area contributed by atoms with Gasteiger partial charge in [-0.2, -0.15) is 0 Å². The second kappa shape index (κ2) is 8.20. The minimum atomic E-state index is -0.908. The standard InChI is InChI=1S/C9H17N3O5/c1-6(2-3-7(13)14)12-9(16)11-4-5-17-8(10)15/h6H,2-5H2,1H3,(H2,10,15)(H,13,14)(H2,11,12,16). The SMILES string of the molecule is CC(CCC(=O)O)NC(=O)NCCOC(N)=O. The van der Waals surface area contributed by atoms with E-state index in [0.29, 0.717) is 6.42 Å². The first-order chi connectivity index (χ1) is 7.91. The number of nitrogens with one attached hydrogen (secondary N) is 2. The quantitative estimate of drug-likeness (QED) is 0.456. The third kappa shape index (κ3) is 10.3. The third-order valence-corrected chi connectivity index (χ3v) is 1.80. The van der Waals surface area contributed by atoms with Crippen LogP contribution in [-0.4, -0.2) is 42.4 Å². The number of aliphatic carboxylic acids is 1. The molecule has 0 radical (unpaired) electrons. The molecule has 0 saturated carbocycles. The number of carbonyl (C=O) groups excluding carboxylic acids is 2. The summed E-state index contributed by atoms with van der Waals surface area (Å²) in [5.41, 5.74) is 4.71. The summed E-state index contributed by atoms with van der Waals surface area (Å²) in [4.78, 5) is 31.7. The zero-order chi connectivity index (χ0) is 13.3. The van der Waals surface area contributed by atoms with Gasteiger partial charge in [-0.3, -0.25) is 4.79 Å². The van der Waals surface area contributed by atoms with Crippen molar-refractivity contribution in [1.29, 1.82) is 0 Å². The van der Waals surface area contributed by atoms with Gasteiger partial charge in [-0.15, -0.1) is 0 Å². The van der Waals surface area contributed by atoms with Gasteiger partial charge in [0.15, 0.2) is 0 Å². The van der Waals surface area contributed by atoms with Gasteiger partial charge < -0.3 is 26.2 Å². The molecule has 1 unspecified atom stereocenters. The molecule has 0 heterocycles. The Bertz CT molecular complexity index is 282. The largest absolute Gasteiger partial charge is 0.481 e. The fourth-order valence-electron chi connectivity index (χ4n) is 1.00. The lowest BCUT2D eigenvalue weighted by Crippen LogP contribution is -2.42.